The van der Waals surface area contributed by atoms with E-state index in [2.05, 4.69) is 13.8 Å². The Morgan fingerprint density at radius 2 is 2.00 bits per heavy atom. The molecule has 2 heterocycles. The summed E-state index contributed by atoms with van der Waals surface area (Å²) in [5.74, 6) is 0.887. The number of unbranched alkanes of at least 4 members (excludes halogenated alkanes) is 1. The van der Waals surface area contributed by atoms with Crippen LogP contribution in [-0.2, 0) is 29.7 Å². The molecule has 1 fully saturated rings. The van der Waals surface area contributed by atoms with Crippen LogP contribution >= 0.6 is 0 Å². The first-order valence-electron chi connectivity index (χ1n) is 11.2. The highest BCUT2D eigenvalue weighted by atomic mass is 16.3. The molecule has 0 unspecified atom stereocenters. The largest absolute Gasteiger partial charge is 0.467 e. The zero-order chi connectivity index (χ0) is 21.5. The van der Waals surface area contributed by atoms with Crippen LogP contribution < -0.4 is 0 Å². The van der Waals surface area contributed by atoms with Gasteiger partial charge in [0.25, 0.3) is 0 Å². The predicted molar refractivity (Wildman–Crippen MR) is 116 cm³/mol. The van der Waals surface area contributed by atoms with Crippen LogP contribution in [0.1, 0.15) is 63.8 Å². The Kier molecular flexibility index (Phi) is 7.77. The van der Waals surface area contributed by atoms with E-state index < -0.39 is 0 Å². The van der Waals surface area contributed by atoms with Crippen molar-refractivity contribution >= 4 is 11.8 Å². The van der Waals surface area contributed by atoms with Crippen molar-refractivity contribution in [3.05, 3.63) is 48.2 Å². The third-order valence-corrected chi connectivity index (χ3v) is 6.01. The molecule has 6 heteroatoms. The van der Waals surface area contributed by atoms with E-state index in [0.717, 1.165) is 50.0 Å². The first kappa shape index (κ1) is 22.2. The molecule has 30 heavy (non-hydrogen) atoms. The monoisotopic (exact) mass is 413 g/mol. The summed E-state index contributed by atoms with van der Waals surface area (Å²) in [7, 11) is 1.98. The minimum Gasteiger partial charge on any atom is -0.467 e. The van der Waals surface area contributed by atoms with E-state index in [0.29, 0.717) is 13.1 Å². The van der Waals surface area contributed by atoms with E-state index in [1.807, 2.05) is 47.0 Å². The number of furan rings is 1. The van der Waals surface area contributed by atoms with Crippen molar-refractivity contribution in [1.82, 2.24) is 14.4 Å². The summed E-state index contributed by atoms with van der Waals surface area (Å²) in [6.07, 6.45) is 9.47. The van der Waals surface area contributed by atoms with Crippen LogP contribution in [0.4, 0.5) is 0 Å². The fourth-order valence-corrected chi connectivity index (χ4v) is 3.89. The second-order valence-corrected chi connectivity index (χ2v) is 8.38. The number of nitrogens with zero attached hydrogens (tertiary/aromatic N) is 3. The highest BCUT2D eigenvalue weighted by Gasteiger charge is 2.37. The maximum atomic E-state index is 13.4. The molecule has 0 radical (unpaired) electrons. The number of carbonyl (C=O) groups is 2. The molecular formula is C24H35N3O3. The Morgan fingerprint density at radius 3 is 2.57 bits per heavy atom. The first-order chi connectivity index (χ1) is 14.5. The van der Waals surface area contributed by atoms with Crippen LogP contribution in [0.2, 0.25) is 0 Å². The van der Waals surface area contributed by atoms with Crippen LogP contribution in [0, 0.1) is 5.92 Å². The van der Waals surface area contributed by atoms with Crippen LogP contribution in [0.15, 0.2) is 41.1 Å². The van der Waals surface area contributed by atoms with Gasteiger partial charge in [-0.25, -0.2) is 0 Å². The molecule has 2 aromatic rings. The number of aromatic nitrogens is 1. The third kappa shape index (κ3) is 5.77. The summed E-state index contributed by atoms with van der Waals surface area (Å²) in [4.78, 5) is 30.2. The fourth-order valence-electron chi connectivity index (χ4n) is 3.89. The summed E-state index contributed by atoms with van der Waals surface area (Å²) >= 11 is 0. The highest BCUT2D eigenvalue weighted by Crippen LogP contribution is 2.30. The average Bonchev–Trinajstić information content (AvgIpc) is 3.30. The lowest BCUT2D eigenvalue weighted by Crippen LogP contribution is -2.45. The number of hydrogen-bond donors (Lipinski definition) is 0. The summed E-state index contributed by atoms with van der Waals surface area (Å²) in [6.45, 7) is 5.26. The van der Waals surface area contributed by atoms with Gasteiger partial charge in [-0.3, -0.25) is 9.59 Å². The van der Waals surface area contributed by atoms with Crippen LogP contribution in [0.5, 0.6) is 0 Å². The van der Waals surface area contributed by atoms with Crippen LogP contribution in [0.25, 0.3) is 0 Å². The van der Waals surface area contributed by atoms with Gasteiger partial charge in [0, 0.05) is 30.9 Å². The van der Waals surface area contributed by atoms with Crippen molar-refractivity contribution in [1.29, 1.82) is 0 Å². The second-order valence-electron chi connectivity index (χ2n) is 8.38. The molecule has 0 aliphatic heterocycles. The minimum atomic E-state index is -0.0294. The molecule has 1 saturated carbocycles. The highest BCUT2D eigenvalue weighted by molar-refractivity contribution is 5.86. The normalized spacial score (nSPS) is 14.5. The summed E-state index contributed by atoms with van der Waals surface area (Å²) in [6, 6.07) is 7.93. The van der Waals surface area contributed by atoms with Crippen molar-refractivity contribution < 1.29 is 14.0 Å². The average molecular weight is 414 g/mol. The molecule has 1 aliphatic carbocycles. The number of aryl methyl sites for hydroxylation is 1. The maximum Gasteiger partial charge on any atom is 0.242 e. The molecule has 6 nitrogen and oxygen atoms in total. The van der Waals surface area contributed by atoms with Gasteiger partial charge in [0.15, 0.2) is 0 Å². The van der Waals surface area contributed by atoms with Crippen LogP contribution in [-0.4, -0.2) is 38.8 Å². The Morgan fingerprint density at radius 1 is 1.20 bits per heavy atom. The SMILES string of the molecule is CCCC[C@H](CC)C(=O)N(CC(=O)N(Cc1ccco1)Cc1cccn1C)C1CC1. The Bertz CT molecular complexity index is 808. The lowest BCUT2D eigenvalue weighted by molar-refractivity contribution is -0.144. The Hall–Kier alpha value is -2.50. The molecule has 1 aliphatic rings. The van der Waals surface area contributed by atoms with Crippen LogP contribution in [0.3, 0.4) is 0 Å². The fraction of sp³-hybridized carbons (Fsp3) is 0.583. The van der Waals surface area contributed by atoms with Gasteiger partial charge in [-0.05, 0) is 49.9 Å². The standard InChI is InChI=1S/C24H35N3O3/c1-4-6-9-19(5-2)24(29)27(20-12-13-20)18-23(28)26(17-22-11-8-15-30-22)16-21-10-7-14-25(21)3/h7-8,10-11,14-15,19-20H,4-6,9,12-13,16-18H2,1-3H3/t19-/m0/s1. The van der Waals surface area contributed by atoms with E-state index in [-0.39, 0.29) is 30.3 Å². The quantitative estimate of drug-likeness (QED) is 0.520. The summed E-state index contributed by atoms with van der Waals surface area (Å²) < 4.78 is 7.51. The second kappa shape index (κ2) is 10.5. The molecule has 0 saturated heterocycles. The summed E-state index contributed by atoms with van der Waals surface area (Å²) in [5, 5.41) is 0. The van der Waals surface area contributed by atoms with E-state index >= 15 is 0 Å². The zero-order valence-corrected chi connectivity index (χ0v) is 18.5. The van der Waals surface area contributed by atoms with E-state index in [1.165, 1.54) is 0 Å². The van der Waals surface area contributed by atoms with Crippen molar-refractivity contribution in [2.45, 2.75) is 71.5 Å². The van der Waals surface area contributed by atoms with Crippen molar-refractivity contribution in [2.75, 3.05) is 6.54 Å². The lowest BCUT2D eigenvalue weighted by Gasteiger charge is -2.30. The van der Waals surface area contributed by atoms with Gasteiger partial charge in [0.1, 0.15) is 12.3 Å². The number of hydrogen-bond acceptors (Lipinski definition) is 3. The Labute approximate surface area is 179 Å². The minimum absolute atomic E-state index is 0.0183. The molecule has 0 spiro atoms. The molecule has 1 atom stereocenters. The lowest BCUT2D eigenvalue weighted by atomic mass is 9.97. The van der Waals surface area contributed by atoms with Gasteiger partial charge in [-0.2, -0.15) is 0 Å². The predicted octanol–water partition coefficient (Wildman–Crippen LogP) is 4.35. The molecule has 164 valence electrons. The molecular weight excluding hydrogens is 378 g/mol. The Balaban J connectivity index is 1.73. The van der Waals surface area contributed by atoms with Gasteiger partial charge in [0.05, 0.1) is 19.4 Å². The van der Waals surface area contributed by atoms with Gasteiger partial charge in [-0.1, -0.05) is 26.7 Å². The van der Waals surface area contributed by atoms with E-state index in [4.69, 9.17) is 4.42 Å². The van der Waals surface area contributed by atoms with Gasteiger partial charge < -0.3 is 18.8 Å². The molecule has 0 aromatic carbocycles. The van der Waals surface area contributed by atoms with E-state index in [1.54, 1.807) is 11.2 Å². The van der Waals surface area contributed by atoms with Gasteiger partial charge in [0.2, 0.25) is 11.8 Å². The first-order valence-corrected chi connectivity index (χ1v) is 11.2. The topological polar surface area (TPSA) is 58.7 Å². The van der Waals surface area contributed by atoms with Crippen molar-refractivity contribution in [3.8, 4) is 0 Å². The van der Waals surface area contributed by atoms with Crippen molar-refractivity contribution in [2.24, 2.45) is 13.0 Å². The zero-order valence-electron chi connectivity index (χ0n) is 18.5. The van der Waals surface area contributed by atoms with Gasteiger partial charge >= 0.3 is 0 Å². The maximum absolute atomic E-state index is 13.4. The van der Waals surface area contributed by atoms with E-state index in [9.17, 15) is 9.59 Å². The third-order valence-electron chi connectivity index (χ3n) is 6.01. The number of carbonyl (C=O) groups excluding carboxylic acids is 2. The van der Waals surface area contributed by atoms with Gasteiger partial charge in [-0.15, -0.1) is 0 Å². The number of amides is 2. The molecule has 0 bridgehead atoms. The molecule has 3 rings (SSSR count). The molecule has 2 amide bonds. The molecule has 0 N–H and O–H groups in total. The smallest absolute Gasteiger partial charge is 0.242 e. The van der Waals surface area contributed by atoms with Crippen molar-refractivity contribution in [3.63, 3.8) is 0 Å². The molecule has 2 aromatic heterocycles. The summed E-state index contributed by atoms with van der Waals surface area (Å²) in [5.41, 5.74) is 1.05. The number of rotatable bonds is 12.